The van der Waals surface area contributed by atoms with Crippen molar-refractivity contribution in [1.29, 1.82) is 0 Å². The Labute approximate surface area is 203 Å². The number of hydrogen-bond donors (Lipinski definition) is 2. The number of aromatic hydroxyl groups is 1. The minimum Gasteiger partial charge on any atom is -0.508 e. The first-order chi connectivity index (χ1) is 16.6. The van der Waals surface area contributed by atoms with Gasteiger partial charge in [0.25, 0.3) is 0 Å². The molecular formula is C26H24N4O3S. The summed E-state index contributed by atoms with van der Waals surface area (Å²) >= 11 is 5.85. The van der Waals surface area contributed by atoms with E-state index in [0.717, 1.165) is 22.8 Å². The zero-order chi connectivity index (χ0) is 23.7. The highest BCUT2D eigenvalue weighted by Gasteiger charge is 2.43. The van der Waals surface area contributed by atoms with E-state index in [1.165, 1.54) is 0 Å². The predicted molar refractivity (Wildman–Crippen MR) is 135 cm³/mol. The second kappa shape index (κ2) is 9.07. The standard InChI is InChI=1S/C26H24N4O3S/c1-32-19-12-13-21(23(16-19)33-2)30-25(24(28-26(30)34)20-6-3-4-14-27-20)22-7-5-15-29(22)17-8-10-18(31)11-9-17/h3-16,24-25,31H,1-2H3,(H,28,34)/t24-,25+/m1/s1. The first-order valence-corrected chi connectivity index (χ1v) is 11.2. The summed E-state index contributed by atoms with van der Waals surface area (Å²) in [5.74, 6) is 1.57. The van der Waals surface area contributed by atoms with Crippen molar-refractivity contribution in [3.8, 4) is 22.9 Å². The normalized spacial score (nSPS) is 17.5. The van der Waals surface area contributed by atoms with Gasteiger partial charge in [0.15, 0.2) is 5.11 Å². The molecular weight excluding hydrogens is 448 g/mol. The van der Waals surface area contributed by atoms with E-state index < -0.39 is 0 Å². The lowest BCUT2D eigenvalue weighted by atomic mass is 10.0. The topological polar surface area (TPSA) is 71.8 Å². The van der Waals surface area contributed by atoms with Gasteiger partial charge in [-0.1, -0.05) is 6.07 Å². The Morgan fingerprint density at radius 2 is 1.79 bits per heavy atom. The number of thiocarbonyl (C=S) groups is 1. The van der Waals surface area contributed by atoms with Gasteiger partial charge in [0.1, 0.15) is 23.3 Å². The molecule has 3 heterocycles. The van der Waals surface area contributed by atoms with E-state index in [4.69, 9.17) is 21.7 Å². The Bertz CT molecular complexity index is 1310. The van der Waals surface area contributed by atoms with Gasteiger partial charge < -0.3 is 29.4 Å². The van der Waals surface area contributed by atoms with Gasteiger partial charge in [-0.15, -0.1) is 0 Å². The van der Waals surface area contributed by atoms with Crippen molar-refractivity contribution in [1.82, 2.24) is 14.9 Å². The van der Waals surface area contributed by atoms with Crippen LogP contribution in [0.4, 0.5) is 5.69 Å². The lowest BCUT2D eigenvalue weighted by Gasteiger charge is -2.30. The molecule has 172 valence electrons. The van der Waals surface area contributed by atoms with Crippen LogP contribution in [-0.4, -0.2) is 34.0 Å². The Morgan fingerprint density at radius 3 is 2.50 bits per heavy atom. The molecule has 8 heteroatoms. The maximum absolute atomic E-state index is 9.77. The molecule has 1 fully saturated rings. The zero-order valence-electron chi connectivity index (χ0n) is 18.8. The van der Waals surface area contributed by atoms with Crippen molar-refractivity contribution >= 4 is 23.0 Å². The van der Waals surface area contributed by atoms with Crippen LogP contribution in [0.15, 0.2) is 85.2 Å². The molecule has 2 atom stereocenters. The van der Waals surface area contributed by atoms with E-state index in [0.29, 0.717) is 16.6 Å². The van der Waals surface area contributed by atoms with Crippen molar-refractivity contribution in [3.63, 3.8) is 0 Å². The number of rotatable bonds is 6. The van der Waals surface area contributed by atoms with E-state index in [2.05, 4.69) is 25.8 Å². The molecule has 0 saturated carbocycles. The molecule has 2 aromatic heterocycles. The van der Waals surface area contributed by atoms with Crippen molar-refractivity contribution in [2.75, 3.05) is 19.1 Å². The average Bonchev–Trinajstić information content (AvgIpc) is 3.49. The molecule has 0 aliphatic carbocycles. The van der Waals surface area contributed by atoms with Crippen molar-refractivity contribution < 1.29 is 14.6 Å². The molecule has 34 heavy (non-hydrogen) atoms. The number of pyridine rings is 1. The van der Waals surface area contributed by atoms with Crippen molar-refractivity contribution in [2.45, 2.75) is 12.1 Å². The van der Waals surface area contributed by atoms with E-state index in [1.807, 2.05) is 60.8 Å². The number of methoxy groups -OCH3 is 2. The van der Waals surface area contributed by atoms with Gasteiger partial charge in [0.05, 0.1) is 31.6 Å². The number of anilines is 1. The number of aromatic nitrogens is 2. The molecule has 0 unspecified atom stereocenters. The first-order valence-electron chi connectivity index (χ1n) is 10.8. The van der Waals surface area contributed by atoms with Crippen LogP contribution < -0.4 is 19.7 Å². The molecule has 2 aromatic carbocycles. The lowest BCUT2D eigenvalue weighted by Crippen LogP contribution is -2.30. The second-order valence-electron chi connectivity index (χ2n) is 7.85. The molecule has 1 saturated heterocycles. The van der Waals surface area contributed by atoms with Gasteiger partial charge in [-0.3, -0.25) is 4.98 Å². The van der Waals surface area contributed by atoms with Crippen LogP contribution in [0, 0.1) is 0 Å². The van der Waals surface area contributed by atoms with E-state index >= 15 is 0 Å². The molecule has 5 rings (SSSR count). The molecule has 1 aliphatic heterocycles. The Morgan fingerprint density at radius 1 is 0.971 bits per heavy atom. The van der Waals surface area contributed by atoms with Crippen LogP contribution in [0.2, 0.25) is 0 Å². The number of phenols is 1. The molecule has 4 aromatic rings. The van der Waals surface area contributed by atoms with Crippen LogP contribution in [0.3, 0.4) is 0 Å². The third kappa shape index (κ3) is 3.82. The Hall–Kier alpha value is -4.04. The van der Waals surface area contributed by atoms with Crippen LogP contribution in [0.25, 0.3) is 5.69 Å². The van der Waals surface area contributed by atoms with Gasteiger partial charge in [0, 0.05) is 29.8 Å². The first kappa shape index (κ1) is 21.8. The van der Waals surface area contributed by atoms with E-state index in [-0.39, 0.29) is 17.8 Å². The average molecular weight is 473 g/mol. The van der Waals surface area contributed by atoms with Gasteiger partial charge in [-0.25, -0.2) is 0 Å². The third-order valence-corrected chi connectivity index (χ3v) is 6.27. The number of nitrogens with one attached hydrogen (secondary N) is 1. The lowest BCUT2D eigenvalue weighted by molar-refractivity contribution is 0.394. The minimum atomic E-state index is -0.228. The molecule has 0 radical (unpaired) electrons. The highest BCUT2D eigenvalue weighted by molar-refractivity contribution is 7.80. The summed E-state index contributed by atoms with van der Waals surface area (Å²) in [5.41, 5.74) is 3.63. The van der Waals surface area contributed by atoms with Gasteiger partial charge in [-0.05, 0) is 72.9 Å². The molecule has 1 aliphatic rings. The summed E-state index contributed by atoms with van der Waals surface area (Å²) < 4.78 is 13.2. The monoisotopic (exact) mass is 472 g/mol. The third-order valence-electron chi connectivity index (χ3n) is 5.96. The highest BCUT2D eigenvalue weighted by atomic mass is 32.1. The minimum absolute atomic E-state index is 0.203. The smallest absolute Gasteiger partial charge is 0.174 e. The highest BCUT2D eigenvalue weighted by Crippen LogP contribution is 2.45. The summed E-state index contributed by atoms with van der Waals surface area (Å²) in [7, 11) is 3.26. The van der Waals surface area contributed by atoms with Crippen molar-refractivity contribution in [2.24, 2.45) is 0 Å². The number of phenolic OH excluding ortho intramolecular Hbond substituents is 1. The predicted octanol–water partition coefficient (Wildman–Crippen LogP) is 4.77. The van der Waals surface area contributed by atoms with Gasteiger partial charge in [-0.2, -0.15) is 0 Å². The molecule has 0 amide bonds. The summed E-state index contributed by atoms with van der Waals surface area (Å²) in [6, 6.07) is 22.3. The van der Waals surface area contributed by atoms with Crippen LogP contribution in [-0.2, 0) is 0 Å². The van der Waals surface area contributed by atoms with Crippen LogP contribution >= 0.6 is 12.2 Å². The number of nitrogens with zero attached hydrogens (tertiary/aromatic N) is 3. The second-order valence-corrected chi connectivity index (χ2v) is 8.24. The van der Waals surface area contributed by atoms with Gasteiger partial charge in [0.2, 0.25) is 0 Å². The summed E-state index contributed by atoms with van der Waals surface area (Å²) in [6.45, 7) is 0. The summed E-state index contributed by atoms with van der Waals surface area (Å²) in [4.78, 5) is 6.69. The maximum Gasteiger partial charge on any atom is 0.174 e. The summed E-state index contributed by atoms with van der Waals surface area (Å²) in [6.07, 6.45) is 3.79. The molecule has 0 bridgehead atoms. The fourth-order valence-corrected chi connectivity index (χ4v) is 4.72. The van der Waals surface area contributed by atoms with E-state index in [9.17, 15) is 5.11 Å². The molecule has 2 N–H and O–H groups in total. The fraction of sp³-hybridized carbons (Fsp3) is 0.154. The van der Waals surface area contributed by atoms with E-state index in [1.54, 1.807) is 32.5 Å². The Balaban J connectivity index is 1.68. The summed E-state index contributed by atoms with van der Waals surface area (Å²) in [5, 5.41) is 13.8. The number of benzene rings is 2. The largest absolute Gasteiger partial charge is 0.508 e. The number of hydrogen-bond acceptors (Lipinski definition) is 5. The Kier molecular flexibility index (Phi) is 5.81. The van der Waals surface area contributed by atoms with Gasteiger partial charge >= 0.3 is 0 Å². The van der Waals surface area contributed by atoms with Crippen molar-refractivity contribution in [3.05, 3.63) is 96.6 Å². The maximum atomic E-state index is 9.77. The number of ether oxygens (including phenoxy) is 2. The fourth-order valence-electron chi connectivity index (χ4n) is 4.38. The van der Waals surface area contributed by atoms with Crippen LogP contribution in [0.5, 0.6) is 17.2 Å². The molecule has 7 nitrogen and oxygen atoms in total. The van der Waals surface area contributed by atoms with Crippen LogP contribution in [0.1, 0.15) is 23.5 Å². The molecule has 0 spiro atoms. The quantitative estimate of drug-likeness (QED) is 0.392. The zero-order valence-corrected chi connectivity index (χ0v) is 19.6. The SMILES string of the molecule is COc1ccc(N2C(=S)N[C@H](c3ccccn3)[C@@H]2c2cccn2-c2ccc(O)cc2)c(OC)c1.